The van der Waals surface area contributed by atoms with Crippen LogP contribution in [0.5, 0.6) is 0 Å². The van der Waals surface area contributed by atoms with Crippen molar-refractivity contribution in [1.29, 1.82) is 0 Å². The zero-order chi connectivity index (χ0) is 20.5. The van der Waals surface area contributed by atoms with Gasteiger partial charge in [-0.2, -0.15) is 0 Å². The Labute approximate surface area is 179 Å². The number of fused-ring (bicyclic) bond motifs is 3. The van der Waals surface area contributed by atoms with Crippen molar-refractivity contribution in [3.63, 3.8) is 0 Å². The molecule has 0 bridgehead atoms. The molecule has 4 aromatic rings. The number of rotatable bonds is 5. The summed E-state index contributed by atoms with van der Waals surface area (Å²) in [5, 5.41) is 12.6. The lowest BCUT2D eigenvalue weighted by Gasteiger charge is -2.04. The predicted octanol–water partition coefficient (Wildman–Crippen LogP) is 4.21. The van der Waals surface area contributed by atoms with E-state index in [1.165, 1.54) is 18.7 Å². The summed E-state index contributed by atoms with van der Waals surface area (Å²) < 4.78 is 2.94. The van der Waals surface area contributed by atoms with E-state index < -0.39 is 0 Å². The zero-order valence-corrected chi connectivity index (χ0v) is 18.0. The molecule has 9 heteroatoms. The van der Waals surface area contributed by atoms with Crippen LogP contribution in [-0.2, 0) is 11.8 Å². The summed E-state index contributed by atoms with van der Waals surface area (Å²) in [7, 11) is 1.93. The highest BCUT2D eigenvalue weighted by molar-refractivity contribution is 9.10. The molecule has 2 heterocycles. The van der Waals surface area contributed by atoms with Gasteiger partial charge in [0, 0.05) is 35.1 Å². The molecular weight excluding hydrogens is 454 g/mol. The fourth-order valence-electron chi connectivity index (χ4n) is 3.03. The Hall–Kier alpha value is -2.78. The van der Waals surface area contributed by atoms with E-state index in [0.717, 1.165) is 26.5 Å². The third-order valence-corrected chi connectivity index (χ3v) is 5.73. The second kappa shape index (κ2) is 7.92. The average Bonchev–Trinajstić information content (AvgIpc) is 2.97. The highest BCUT2D eigenvalue weighted by Gasteiger charge is 2.14. The van der Waals surface area contributed by atoms with E-state index in [0.29, 0.717) is 16.4 Å². The van der Waals surface area contributed by atoms with E-state index in [-0.39, 0.29) is 17.4 Å². The maximum absolute atomic E-state index is 12.5. The van der Waals surface area contributed by atoms with E-state index >= 15 is 0 Å². The van der Waals surface area contributed by atoms with Crippen molar-refractivity contribution in [2.24, 2.45) is 7.05 Å². The van der Waals surface area contributed by atoms with Gasteiger partial charge < -0.3 is 9.88 Å². The smallest absolute Gasteiger partial charge is 0.221 e. The van der Waals surface area contributed by atoms with Gasteiger partial charge in [-0.3, -0.25) is 9.59 Å². The van der Waals surface area contributed by atoms with Gasteiger partial charge in [-0.05, 0) is 42.5 Å². The molecule has 1 amide bonds. The van der Waals surface area contributed by atoms with Gasteiger partial charge in [-0.25, -0.2) is 4.98 Å². The van der Waals surface area contributed by atoms with Crippen LogP contribution in [0.15, 0.2) is 52.1 Å². The topological polar surface area (TPSA) is 89.8 Å². The van der Waals surface area contributed by atoms with Crippen molar-refractivity contribution in [3.05, 3.63) is 52.5 Å². The van der Waals surface area contributed by atoms with E-state index in [1.807, 2.05) is 29.8 Å². The normalized spacial score (nSPS) is 11.1. The molecule has 2 aromatic carbocycles. The van der Waals surface area contributed by atoms with Crippen molar-refractivity contribution in [2.45, 2.75) is 12.1 Å². The summed E-state index contributed by atoms with van der Waals surface area (Å²) in [5.41, 5.74) is 3.69. The van der Waals surface area contributed by atoms with Gasteiger partial charge in [-0.1, -0.05) is 27.7 Å². The summed E-state index contributed by atoms with van der Waals surface area (Å²) in [6.45, 7) is 1.44. The number of benzene rings is 2. The third kappa shape index (κ3) is 4.01. The molecule has 0 aliphatic rings. The first-order valence-electron chi connectivity index (χ1n) is 8.74. The maximum Gasteiger partial charge on any atom is 0.221 e. The Morgan fingerprint density at radius 2 is 1.90 bits per heavy atom. The number of amides is 1. The number of Topliss-reactive ketones (excluding diaryl/α,β-unsaturated/α-hetero) is 1. The first-order valence-corrected chi connectivity index (χ1v) is 10.5. The molecule has 0 spiro atoms. The van der Waals surface area contributed by atoms with Gasteiger partial charge >= 0.3 is 0 Å². The standard InChI is InChI=1S/C20H16BrN5O2S/c1-11(27)22-14-6-3-12(4-7-14)17(28)10-29-20-23-19-18(24-25-20)15-9-13(21)5-8-16(15)26(19)2/h3-9H,10H2,1-2H3,(H,22,27). The molecule has 0 atom stereocenters. The molecule has 7 nitrogen and oxygen atoms in total. The second-order valence-corrected chi connectivity index (χ2v) is 8.32. The zero-order valence-electron chi connectivity index (χ0n) is 15.6. The minimum absolute atomic E-state index is 0.0472. The average molecular weight is 470 g/mol. The summed E-state index contributed by atoms with van der Waals surface area (Å²) in [5.74, 6) is -0.00303. The van der Waals surface area contributed by atoms with Crippen LogP contribution in [0, 0.1) is 0 Å². The highest BCUT2D eigenvalue weighted by atomic mass is 79.9. The Morgan fingerprint density at radius 3 is 2.62 bits per heavy atom. The second-order valence-electron chi connectivity index (χ2n) is 6.46. The Balaban J connectivity index is 1.52. The fourth-order valence-corrected chi connectivity index (χ4v) is 4.07. The van der Waals surface area contributed by atoms with Gasteiger partial charge in [0.25, 0.3) is 0 Å². The number of aryl methyl sites for hydroxylation is 1. The number of anilines is 1. The van der Waals surface area contributed by atoms with Crippen LogP contribution < -0.4 is 5.32 Å². The van der Waals surface area contributed by atoms with Crippen LogP contribution in [0.25, 0.3) is 22.1 Å². The van der Waals surface area contributed by atoms with Gasteiger partial charge in [0.05, 0.1) is 11.3 Å². The van der Waals surface area contributed by atoms with Crippen molar-refractivity contribution in [1.82, 2.24) is 19.7 Å². The number of halogens is 1. The molecule has 2 aromatic heterocycles. The molecule has 0 aliphatic heterocycles. The van der Waals surface area contributed by atoms with Crippen molar-refractivity contribution < 1.29 is 9.59 Å². The molecule has 0 saturated heterocycles. The summed E-state index contributed by atoms with van der Waals surface area (Å²) in [6.07, 6.45) is 0. The number of hydrogen-bond donors (Lipinski definition) is 1. The molecule has 0 aliphatic carbocycles. The van der Waals surface area contributed by atoms with Crippen LogP contribution in [0.3, 0.4) is 0 Å². The molecule has 0 fully saturated rings. The van der Waals surface area contributed by atoms with Gasteiger partial charge in [0.15, 0.2) is 11.4 Å². The lowest BCUT2D eigenvalue weighted by atomic mass is 10.1. The first-order chi connectivity index (χ1) is 13.9. The molecule has 146 valence electrons. The largest absolute Gasteiger partial charge is 0.327 e. The van der Waals surface area contributed by atoms with Crippen LogP contribution in [0.1, 0.15) is 17.3 Å². The fraction of sp³-hybridized carbons (Fsp3) is 0.150. The van der Waals surface area contributed by atoms with Crippen LogP contribution in [-0.4, -0.2) is 37.2 Å². The number of aromatic nitrogens is 4. The Morgan fingerprint density at radius 1 is 1.14 bits per heavy atom. The molecular formula is C20H16BrN5O2S. The summed E-state index contributed by atoms with van der Waals surface area (Å²) in [4.78, 5) is 28.1. The molecule has 1 N–H and O–H groups in total. The number of nitrogens with one attached hydrogen (secondary N) is 1. The monoisotopic (exact) mass is 469 g/mol. The quantitative estimate of drug-likeness (QED) is 0.347. The van der Waals surface area contributed by atoms with E-state index in [2.05, 4.69) is 36.4 Å². The first kappa shape index (κ1) is 19.5. The number of carbonyl (C=O) groups is 2. The Bertz CT molecular complexity index is 1250. The van der Waals surface area contributed by atoms with E-state index in [4.69, 9.17) is 0 Å². The predicted molar refractivity (Wildman–Crippen MR) is 117 cm³/mol. The lowest BCUT2D eigenvalue weighted by Crippen LogP contribution is -2.07. The van der Waals surface area contributed by atoms with Gasteiger partial charge in [0.2, 0.25) is 11.1 Å². The van der Waals surface area contributed by atoms with Gasteiger partial charge in [-0.15, -0.1) is 10.2 Å². The summed E-state index contributed by atoms with van der Waals surface area (Å²) in [6, 6.07) is 12.8. The van der Waals surface area contributed by atoms with Crippen molar-refractivity contribution in [2.75, 3.05) is 11.1 Å². The van der Waals surface area contributed by atoms with Crippen molar-refractivity contribution in [3.8, 4) is 0 Å². The number of ketones is 1. The van der Waals surface area contributed by atoms with Crippen LogP contribution in [0.4, 0.5) is 5.69 Å². The third-order valence-electron chi connectivity index (χ3n) is 4.40. The lowest BCUT2D eigenvalue weighted by molar-refractivity contribution is -0.114. The molecule has 0 unspecified atom stereocenters. The number of nitrogens with zero attached hydrogens (tertiary/aromatic N) is 4. The Kier molecular flexibility index (Phi) is 5.33. The number of thioether (sulfide) groups is 1. The van der Waals surface area contributed by atoms with Gasteiger partial charge in [0.1, 0.15) is 5.52 Å². The maximum atomic E-state index is 12.5. The minimum atomic E-state index is -0.152. The van der Waals surface area contributed by atoms with Crippen LogP contribution in [0.2, 0.25) is 0 Å². The van der Waals surface area contributed by atoms with Crippen LogP contribution >= 0.6 is 27.7 Å². The molecule has 29 heavy (non-hydrogen) atoms. The minimum Gasteiger partial charge on any atom is -0.327 e. The van der Waals surface area contributed by atoms with Crippen molar-refractivity contribution >= 4 is 67.1 Å². The van der Waals surface area contributed by atoms with E-state index in [1.54, 1.807) is 24.3 Å². The highest BCUT2D eigenvalue weighted by Crippen LogP contribution is 2.28. The number of carbonyl (C=O) groups excluding carboxylic acids is 2. The molecule has 4 rings (SSSR count). The SMILES string of the molecule is CC(=O)Nc1ccc(C(=O)CSc2nnc3c4cc(Br)ccc4n(C)c3n2)cc1. The molecule has 0 saturated carbocycles. The van der Waals surface area contributed by atoms with E-state index in [9.17, 15) is 9.59 Å². The number of hydrogen-bond acceptors (Lipinski definition) is 6. The summed E-state index contributed by atoms with van der Waals surface area (Å²) >= 11 is 4.73. The molecule has 0 radical (unpaired) electrons.